The SMILES string of the molecule is Cc1cccc(C)c1NC(=O)CN1CCN(C(=O)CN2C(=O)N[C@]3(CCCC[C@H]3C)C2=O)CC1. The molecule has 2 saturated heterocycles. The minimum absolute atomic E-state index is 0.0657. The van der Waals surface area contributed by atoms with Gasteiger partial charge in [-0.3, -0.25) is 24.2 Å². The number of urea groups is 1. The van der Waals surface area contributed by atoms with E-state index in [1.165, 1.54) is 0 Å². The Hall–Kier alpha value is -2.94. The van der Waals surface area contributed by atoms with Crippen LogP contribution in [0.3, 0.4) is 0 Å². The predicted molar refractivity (Wildman–Crippen MR) is 128 cm³/mol. The van der Waals surface area contributed by atoms with Gasteiger partial charge in [0.1, 0.15) is 12.1 Å². The van der Waals surface area contributed by atoms with E-state index in [9.17, 15) is 19.2 Å². The molecule has 2 heterocycles. The van der Waals surface area contributed by atoms with E-state index in [1.807, 2.05) is 43.9 Å². The Labute approximate surface area is 200 Å². The topological polar surface area (TPSA) is 102 Å². The van der Waals surface area contributed by atoms with E-state index in [0.717, 1.165) is 41.0 Å². The standard InChI is InChI=1S/C25H35N5O4/c1-17-7-6-8-18(2)22(17)26-20(31)15-28-11-13-29(14-12-28)21(32)16-30-23(33)25(27-24(30)34)10-5-4-9-19(25)3/h6-8,19H,4-5,9-16H2,1-3H3,(H,26,31)(H,27,34)/t19-,25+/m1/s1. The second-order valence-corrected chi connectivity index (χ2v) is 9.91. The number of anilines is 1. The molecule has 1 aromatic rings. The van der Waals surface area contributed by atoms with Gasteiger partial charge >= 0.3 is 6.03 Å². The number of piperazine rings is 1. The van der Waals surface area contributed by atoms with E-state index in [4.69, 9.17) is 0 Å². The van der Waals surface area contributed by atoms with Crippen molar-refractivity contribution in [2.75, 3.05) is 44.6 Å². The summed E-state index contributed by atoms with van der Waals surface area (Å²) in [5.74, 6) is -0.511. The molecule has 4 rings (SSSR count). The largest absolute Gasteiger partial charge is 0.339 e. The van der Waals surface area contributed by atoms with Crippen LogP contribution < -0.4 is 10.6 Å². The van der Waals surface area contributed by atoms with Crippen molar-refractivity contribution in [2.45, 2.75) is 52.0 Å². The van der Waals surface area contributed by atoms with Crippen LogP contribution in [0.4, 0.5) is 10.5 Å². The van der Waals surface area contributed by atoms with Gasteiger partial charge in [0.15, 0.2) is 0 Å². The number of benzene rings is 1. The van der Waals surface area contributed by atoms with Gasteiger partial charge in [-0.25, -0.2) is 4.79 Å². The summed E-state index contributed by atoms with van der Waals surface area (Å²) in [6, 6.07) is 5.43. The van der Waals surface area contributed by atoms with Crippen LogP contribution >= 0.6 is 0 Å². The summed E-state index contributed by atoms with van der Waals surface area (Å²) in [4.78, 5) is 55.9. The molecule has 0 bridgehead atoms. The molecule has 184 valence electrons. The molecule has 0 radical (unpaired) electrons. The van der Waals surface area contributed by atoms with Crippen molar-refractivity contribution in [3.05, 3.63) is 29.3 Å². The van der Waals surface area contributed by atoms with Crippen molar-refractivity contribution in [3.63, 3.8) is 0 Å². The highest BCUT2D eigenvalue weighted by Gasteiger charge is 2.55. The first-order valence-corrected chi connectivity index (χ1v) is 12.2. The zero-order chi connectivity index (χ0) is 24.5. The fourth-order valence-electron chi connectivity index (χ4n) is 5.42. The second kappa shape index (κ2) is 9.74. The van der Waals surface area contributed by atoms with Crippen LogP contribution in [0.5, 0.6) is 0 Å². The molecule has 0 unspecified atom stereocenters. The van der Waals surface area contributed by atoms with Gasteiger partial charge in [0.05, 0.1) is 6.54 Å². The maximum absolute atomic E-state index is 13.1. The molecule has 3 fully saturated rings. The van der Waals surface area contributed by atoms with Gasteiger partial charge in [-0.2, -0.15) is 0 Å². The Morgan fingerprint density at radius 2 is 1.74 bits per heavy atom. The smallest absolute Gasteiger partial charge is 0.325 e. The molecule has 2 N–H and O–H groups in total. The number of imide groups is 1. The van der Waals surface area contributed by atoms with Crippen LogP contribution in [-0.2, 0) is 14.4 Å². The van der Waals surface area contributed by atoms with E-state index in [1.54, 1.807) is 4.90 Å². The number of nitrogens with zero attached hydrogens (tertiary/aromatic N) is 3. The molecule has 1 aliphatic carbocycles. The summed E-state index contributed by atoms with van der Waals surface area (Å²) in [5.41, 5.74) is 2.04. The Morgan fingerprint density at radius 3 is 2.38 bits per heavy atom. The monoisotopic (exact) mass is 469 g/mol. The fourth-order valence-corrected chi connectivity index (χ4v) is 5.42. The summed E-state index contributed by atoms with van der Waals surface area (Å²) >= 11 is 0. The highest BCUT2D eigenvalue weighted by Crippen LogP contribution is 2.38. The lowest BCUT2D eigenvalue weighted by Crippen LogP contribution is -2.55. The molecule has 1 spiro atoms. The van der Waals surface area contributed by atoms with Gasteiger partial charge in [0.25, 0.3) is 5.91 Å². The van der Waals surface area contributed by atoms with Gasteiger partial charge in [-0.05, 0) is 43.7 Å². The third-order valence-electron chi connectivity index (χ3n) is 7.63. The molecule has 34 heavy (non-hydrogen) atoms. The number of aryl methyl sites for hydroxylation is 2. The van der Waals surface area contributed by atoms with Gasteiger partial charge in [0, 0.05) is 31.9 Å². The number of carbonyl (C=O) groups is 4. The lowest BCUT2D eigenvalue weighted by atomic mass is 9.73. The van der Waals surface area contributed by atoms with E-state index in [0.29, 0.717) is 32.6 Å². The van der Waals surface area contributed by atoms with Crippen molar-refractivity contribution < 1.29 is 19.2 Å². The van der Waals surface area contributed by atoms with Gasteiger partial charge < -0.3 is 15.5 Å². The second-order valence-electron chi connectivity index (χ2n) is 9.91. The molecule has 2 aliphatic heterocycles. The Bertz CT molecular complexity index is 967. The lowest BCUT2D eigenvalue weighted by Gasteiger charge is -2.37. The van der Waals surface area contributed by atoms with E-state index < -0.39 is 11.6 Å². The minimum atomic E-state index is -0.850. The maximum Gasteiger partial charge on any atom is 0.325 e. The number of para-hydroxylation sites is 1. The molecule has 2 atom stereocenters. The van der Waals surface area contributed by atoms with Crippen molar-refractivity contribution in [1.29, 1.82) is 0 Å². The molecular weight excluding hydrogens is 434 g/mol. The summed E-state index contributed by atoms with van der Waals surface area (Å²) in [7, 11) is 0. The van der Waals surface area contributed by atoms with E-state index in [2.05, 4.69) is 10.6 Å². The van der Waals surface area contributed by atoms with E-state index >= 15 is 0 Å². The Kier molecular flexibility index (Phi) is 6.93. The minimum Gasteiger partial charge on any atom is -0.339 e. The number of carbonyl (C=O) groups excluding carboxylic acids is 4. The summed E-state index contributed by atoms with van der Waals surface area (Å²) in [6.45, 7) is 8.00. The average molecular weight is 470 g/mol. The highest BCUT2D eigenvalue weighted by atomic mass is 16.2. The molecule has 9 nitrogen and oxygen atoms in total. The third kappa shape index (κ3) is 4.66. The molecule has 5 amide bonds. The van der Waals surface area contributed by atoms with Crippen LogP contribution in [0.1, 0.15) is 43.7 Å². The number of nitrogens with one attached hydrogen (secondary N) is 2. The average Bonchev–Trinajstić information content (AvgIpc) is 3.03. The highest BCUT2D eigenvalue weighted by molar-refractivity contribution is 6.09. The van der Waals surface area contributed by atoms with Crippen molar-refractivity contribution >= 4 is 29.4 Å². The molecule has 0 aromatic heterocycles. The van der Waals surface area contributed by atoms with Gasteiger partial charge in [-0.15, -0.1) is 0 Å². The maximum atomic E-state index is 13.1. The zero-order valence-electron chi connectivity index (χ0n) is 20.4. The number of hydrogen-bond donors (Lipinski definition) is 2. The zero-order valence-corrected chi connectivity index (χ0v) is 20.4. The Morgan fingerprint density at radius 1 is 1.06 bits per heavy atom. The van der Waals surface area contributed by atoms with Gasteiger partial charge in [0.2, 0.25) is 11.8 Å². The number of hydrogen-bond acceptors (Lipinski definition) is 5. The molecule has 1 saturated carbocycles. The molecular formula is C25H35N5O4. The van der Waals surface area contributed by atoms with Crippen LogP contribution in [0, 0.1) is 19.8 Å². The number of amides is 5. The Balaban J connectivity index is 1.27. The van der Waals surface area contributed by atoms with Crippen molar-refractivity contribution in [2.24, 2.45) is 5.92 Å². The lowest BCUT2D eigenvalue weighted by molar-refractivity contribution is -0.141. The number of rotatable bonds is 5. The first-order chi connectivity index (χ1) is 16.2. The van der Waals surface area contributed by atoms with Crippen LogP contribution in [0.25, 0.3) is 0 Å². The van der Waals surface area contributed by atoms with Crippen LogP contribution in [0.15, 0.2) is 18.2 Å². The fraction of sp³-hybridized carbons (Fsp3) is 0.600. The summed E-state index contributed by atoms with van der Waals surface area (Å²) < 4.78 is 0. The predicted octanol–water partition coefficient (Wildman–Crippen LogP) is 1.89. The first kappa shape index (κ1) is 24.2. The third-order valence-corrected chi connectivity index (χ3v) is 7.63. The van der Waals surface area contributed by atoms with Gasteiger partial charge in [-0.1, -0.05) is 38.0 Å². The quantitative estimate of drug-likeness (QED) is 0.642. The van der Waals surface area contributed by atoms with Crippen LogP contribution in [0.2, 0.25) is 0 Å². The summed E-state index contributed by atoms with van der Waals surface area (Å²) in [5, 5.41) is 5.90. The van der Waals surface area contributed by atoms with Crippen LogP contribution in [-0.4, -0.2) is 83.3 Å². The summed E-state index contributed by atoms with van der Waals surface area (Å²) in [6.07, 6.45) is 3.48. The normalized spacial score (nSPS) is 25.6. The van der Waals surface area contributed by atoms with Crippen molar-refractivity contribution in [3.8, 4) is 0 Å². The molecule has 9 heteroatoms. The first-order valence-electron chi connectivity index (χ1n) is 12.2. The molecule has 1 aromatic carbocycles. The van der Waals surface area contributed by atoms with Crippen molar-refractivity contribution in [1.82, 2.24) is 20.0 Å². The molecule has 3 aliphatic rings. The van der Waals surface area contributed by atoms with E-state index in [-0.39, 0.29) is 36.7 Å².